The fraction of sp³-hybridized carbons (Fsp3) is 0.357. The Labute approximate surface area is 206 Å². The first-order valence-electron chi connectivity index (χ1n) is 12.3. The van der Waals surface area contributed by atoms with Crippen LogP contribution in [0.2, 0.25) is 5.02 Å². The van der Waals surface area contributed by atoms with E-state index < -0.39 is 0 Å². The fourth-order valence-electron chi connectivity index (χ4n) is 5.20. The zero-order chi connectivity index (χ0) is 23.3. The molecular weight excluding hydrogens is 444 g/mol. The molecule has 34 heavy (non-hydrogen) atoms. The van der Waals surface area contributed by atoms with Gasteiger partial charge in [0.05, 0.1) is 11.6 Å². The van der Waals surface area contributed by atoms with Gasteiger partial charge in [-0.25, -0.2) is 0 Å². The zero-order valence-electron chi connectivity index (χ0n) is 19.3. The summed E-state index contributed by atoms with van der Waals surface area (Å²) < 4.78 is 0. The molecule has 0 bridgehead atoms. The number of rotatable bonds is 8. The van der Waals surface area contributed by atoms with Gasteiger partial charge in [0.1, 0.15) is 6.04 Å². The van der Waals surface area contributed by atoms with Crippen molar-refractivity contribution in [1.29, 1.82) is 0 Å². The summed E-state index contributed by atoms with van der Waals surface area (Å²) in [6.45, 7) is 1.41. The second-order valence-corrected chi connectivity index (χ2v) is 9.61. The van der Waals surface area contributed by atoms with E-state index in [0.717, 1.165) is 35.0 Å². The number of aromatic nitrogens is 1. The molecule has 2 heterocycles. The second kappa shape index (κ2) is 10.6. The third-order valence-corrected chi connectivity index (χ3v) is 7.18. The summed E-state index contributed by atoms with van der Waals surface area (Å²) >= 11 is 6.10. The van der Waals surface area contributed by atoms with Crippen molar-refractivity contribution in [2.24, 2.45) is 0 Å². The van der Waals surface area contributed by atoms with Crippen LogP contribution in [-0.2, 0) is 4.79 Å². The standard InChI is InChI=1S/C28H31ClN4O/c29-21-12-13-23-24(15-16-30-25(23)19-21)31-17-18-32-27-26(14-11-20-7-3-1-4-8-20)33(28(27)34)22-9-5-2-6-10-22/h1,3-4,7-8,11-16,19,22,26-27,32H,2,5-6,9-10,17-18H2,(H,30,31)/b14-11+/t26-,27+/m1/s1. The van der Waals surface area contributed by atoms with E-state index in [2.05, 4.69) is 44.8 Å². The van der Waals surface area contributed by atoms with Crippen LogP contribution in [0.3, 0.4) is 0 Å². The van der Waals surface area contributed by atoms with Crippen molar-refractivity contribution in [3.8, 4) is 0 Å². The maximum atomic E-state index is 13.1. The number of halogens is 1. The van der Waals surface area contributed by atoms with Crippen molar-refractivity contribution < 1.29 is 4.79 Å². The number of pyridine rings is 1. The van der Waals surface area contributed by atoms with Crippen molar-refractivity contribution in [3.63, 3.8) is 0 Å². The smallest absolute Gasteiger partial charge is 0.243 e. The highest BCUT2D eigenvalue weighted by molar-refractivity contribution is 6.31. The molecule has 2 aliphatic rings. The third kappa shape index (κ3) is 4.96. The van der Waals surface area contributed by atoms with E-state index in [9.17, 15) is 4.79 Å². The van der Waals surface area contributed by atoms with Gasteiger partial charge in [-0.15, -0.1) is 0 Å². The Bertz CT molecular complexity index is 1160. The molecule has 0 radical (unpaired) electrons. The molecule has 0 unspecified atom stereocenters. The molecular formula is C28H31ClN4O. The predicted octanol–water partition coefficient (Wildman–Crippen LogP) is 5.52. The minimum absolute atomic E-state index is 0.0969. The molecule has 176 valence electrons. The summed E-state index contributed by atoms with van der Waals surface area (Å²) in [6.07, 6.45) is 12.1. The lowest BCUT2D eigenvalue weighted by molar-refractivity contribution is -0.153. The van der Waals surface area contributed by atoms with Crippen LogP contribution >= 0.6 is 11.6 Å². The Morgan fingerprint density at radius 3 is 2.68 bits per heavy atom. The van der Waals surface area contributed by atoms with Gasteiger partial charge < -0.3 is 15.5 Å². The fourth-order valence-corrected chi connectivity index (χ4v) is 5.37. The number of nitrogens with one attached hydrogen (secondary N) is 2. The lowest BCUT2D eigenvalue weighted by Gasteiger charge is -2.51. The molecule has 2 fully saturated rings. The van der Waals surface area contributed by atoms with Crippen molar-refractivity contribution in [1.82, 2.24) is 15.2 Å². The maximum absolute atomic E-state index is 13.1. The van der Waals surface area contributed by atoms with Crippen LogP contribution in [0.25, 0.3) is 17.0 Å². The van der Waals surface area contributed by atoms with Crippen molar-refractivity contribution in [3.05, 3.63) is 77.5 Å². The Balaban J connectivity index is 1.23. The van der Waals surface area contributed by atoms with Gasteiger partial charge in [0.25, 0.3) is 0 Å². The van der Waals surface area contributed by atoms with Crippen LogP contribution in [0.15, 0.2) is 66.9 Å². The number of fused-ring (bicyclic) bond motifs is 1. The molecule has 0 spiro atoms. The van der Waals surface area contributed by atoms with Crippen LogP contribution in [0.4, 0.5) is 5.69 Å². The molecule has 3 aromatic rings. The Kier molecular flexibility index (Phi) is 7.12. The van der Waals surface area contributed by atoms with Crippen LogP contribution in [0, 0.1) is 0 Å². The van der Waals surface area contributed by atoms with E-state index in [0.29, 0.717) is 24.2 Å². The number of β-lactam (4-membered cyclic amide) rings is 1. The summed E-state index contributed by atoms with van der Waals surface area (Å²) in [6, 6.07) is 18.3. The number of hydrogen-bond donors (Lipinski definition) is 2. The first-order valence-corrected chi connectivity index (χ1v) is 12.7. The predicted molar refractivity (Wildman–Crippen MR) is 140 cm³/mol. The average molecular weight is 475 g/mol. The largest absolute Gasteiger partial charge is 0.383 e. The molecule has 1 saturated heterocycles. The summed E-state index contributed by atoms with van der Waals surface area (Å²) in [5.74, 6) is 0.235. The number of benzene rings is 2. The van der Waals surface area contributed by atoms with E-state index in [4.69, 9.17) is 11.6 Å². The molecule has 1 aliphatic heterocycles. The van der Waals surface area contributed by atoms with Crippen molar-refractivity contribution >= 4 is 40.2 Å². The van der Waals surface area contributed by atoms with E-state index in [1.165, 1.54) is 19.3 Å². The van der Waals surface area contributed by atoms with E-state index in [-0.39, 0.29) is 18.0 Å². The monoisotopic (exact) mass is 474 g/mol. The number of hydrogen-bond acceptors (Lipinski definition) is 4. The minimum Gasteiger partial charge on any atom is -0.383 e. The number of amides is 1. The highest BCUT2D eigenvalue weighted by Gasteiger charge is 2.48. The molecule has 5 rings (SSSR count). The van der Waals surface area contributed by atoms with Gasteiger partial charge >= 0.3 is 0 Å². The zero-order valence-corrected chi connectivity index (χ0v) is 20.0. The van der Waals surface area contributed by atoms with E-state index >= 15 is 0 Å². The molecule has 1 aromatic heterocycles. The van der Waals surface area contributed by atoms with Gasteiger partial charge in [0.15, 0.2) is 0 Å². The highest BCUT2D eigenvalue weighted by atomic mass is 35.5. The molecule has 2 atom stereocenters. The summed E-state index contributed by atoms with van der Waals surface area (Å²) in [5, 5.41) is 8.71. The van der Waals surface area contributed by atoms with E-state index in [1.807, 2.05) is 42.5 Å². The van der Waals surface area contributed by atoms with Crippen molar-refractivity contribution in [2.75, 3.05) is 18.4 Å². The highest BCUT2D eigenvalue weighted by Crippen LogP contribution is 2.32. The lowest BCUT2D eigenvalue weighted by Crippen LogP contribution is -2.72. The number of anilines is 1. The van der Waals surface area contributed by atoms with Crippen molar-refractivity contribution in [2.45, 2.75) is 50.2 Å². The number of carbonyl (C=O) groups is 1. The normalized spacial score (nSPS) is 21.2. The minimum atomic E-state index is -0.170. The second-order valence-electron chi connectivity index (χ2n) is 9.18. The van der Waals surface area contributed by atoms with Crippen LogP contribution < -0.4 is 10.6 Å². The van der Waals surface area contributed by atoms with Crippen LogP contribution in [0.5, 0.6) is 0 Å². The Hall–Kier alpha value is -2.89. The third-order valence-electron chi connectivity index (χ3n) is 6.95. The Morgan fingerprint density at radius 2 is 1.85 bits per heavy atom. The van der Waals surface area contributed by atoms with Gasteiger partial charge in [-0.2, -0.15) is 0 Å². The van der Waals surface area contributed by atoms with Crippen LogP contribution in [0.1, 0.15) is 37.7 Å². The first kappa shape index (κ1) is 22.9. The molecule has 5 nitrogen and oxygen atoms in total. The number of carbonyl (C=O) groups excluding carboxylic acids is 1. The van der Waals surface area contributed by atoms with Gasteiger partial charge in [-0.1, -0.05) is 73.3 Å². The quantitative estimate of drug-likeness (QED) is 0.333. The number of nitrogens with zero attached hydrogens (tertiary/aromatic N) is 2. The van der Waals surface area contributed by atoms with Gasteiger partial charge in [0.2, 0.25) is 5.91 Å². The summed E-state index contributed by atoms with van der Waals surface area (Å²) in [7, 11) is 0. The number of likely N-dealkylation sites (tertiary alicyclic amines) is 1. The average Bonchev–Trinajstić information content (AvgIpc) is 2.87. The van der Waals surface area contributed by atoms with Crippen LogP contribution in [-0.4, -0.2) is 47.0 Å². The topological polar surface area (TPSA) is 57.3 Å². The first-order chi connectivity index (χ1) is 16.7. The molecule has 1 aliphatic carbocycles. The summed E-state index contributed by atoms with van der Waals surface area (Å²) in [4.78, 5) is 19.7. The van der Waals surface area contributed by atoms with Gasteiger partial charge in [0, 0.05) is 41.4 Å². The molecule has 1 amide bonds. The SMILES string of the molecule is O=C1[C@@H](NCCNc2ccnc3cc(Cl)ccc23)[C@@H](/C=C/c2ccccc2)N1C1CCCCC1. The lowest BCUT2D eigenvalue weighted by atomic mass is 9.85. The maximum Gasteiger partial charge on any atom is 0.243 e. The molecule has 6 heteroatoms. The molecule has 1 saturated carbocycles. The summed E-state index contributed by atoms with van der Waals surface area (Å²) in [5.41, 5.74) is 3.05. The molecule has 2 N–H and O–H groups in total. The molecule has 2 aromatic carbocycles. The van der Waals surface area contributed by atoms with Gasteiger partial charge in [-0.05, 0) is 42.7 Å². The Morgan fingerprint density at radius 1 is 1.03 bits per heavy atom. The van der Waals surface area contributed by atoms with Gasteiger partial charge in [-0.3, -0.25) is 9.78 Å². The van der Waals surface area contributed by atoms with E-state index in [1.54, 1.807) is 6.20 Å².